The van der Waals surface area contributed by atoms with Crippen LogP contribution >= 0.6 is 0 Å². The number of hydrogen-bond acceptors (Lipinski definition) is 6. The number of hydrogen-bond donors (Lipinski definition) is 2. The van der Waals surface area contributed by atoms with Crippen molar-refractivity contribution in [3.8, 4) is 17.2 Å². The third-order valence-corrected chi connectivity index (χ3v) is 4.32. The standard InChI is InChI=1S/C21H17FN4O4/c22-15-2-4-17-13(8-15)10-19(21(23)25-17)30-11-14-9-16(29-12-20(27)28)3-5-18(14)26-7-1-6-24-26/h1-10H,11-12H2,(H2,23,25)(H,27,28). The molecule has 8 nitrogen and oxygen atoms in total. The maximum absolute atomic E-state index is 13.5. The molecule has 2 aromatic carbocycles. The fraction of sp³-hybridized carbons (Fsp3) is 0.0952. The number of carboxylic acid groups (broad SMARTS) is 1. The molecule has 2 heterocycles. The Bertz CT molecular complexity index is 1210. The van der Waals surface area contributed by atoms with Crippen LogP contribution in [-0.2, 0) is 11.4 Å². The van der Waals surface area contributed by atoms with Crippen molar-refractivity contribution in [1.29, 1.82) is 0 Å². The van der Waals surface area contributed by atoms with Gasteiger partial charge in [0.05, 0.1) is 11.2 Å². The molecule has 0 atom stereocenters. The lowest BCUT2D eigenvalue weighted by molar-refractivity contribution is -0.139. The van der Waals surface area contributed by atoms with Gasteiger partial charge in [-0.25, -0.2) is 18.9 Å². The van der Waals surface area contributed by atoms with Crippen molar-refractivity contribution in [3.63, 3.8) is 0 Å². The van der Waals surface area contributed by atoms with Crippen LogP contribution in [0, 0.1) is 5.82 Å². The average molecular weight is 408 g/mol. The van der Waals surface area contributed by atoms with Crippen molar-refractivity contribution >= 4 is 22.7 Å². The second-order valence-electron chi connectivity index (χ2n) is 6.42. The average Bonchev–Trinajstić information content (AvgIpc) is 3.25. The van der Waals surface area contributed by atoms with E-state index in [1.165, 1.54) is 12.1 Å². The summed E-state index contributed by atoms with van der Waals surface area (Å²) in [6.07, 6.45) is 3.41. The van der Waals surface area contributed by atoms with Crippen LogP contribution in [0.4, 0.5) is 10.2 Å². The third-order valence-electron chi connectivity index (χ3n) is 4.32. The highest BCUT2D eigenvalue weighted by Crippen LogP contribution is 2.28. The number of aromatic nitrogens is 3. The van der Waals surface area contributed by atoms with Gasteiger partial charge in [0.25, 0.3) is 0 Å². The van der Waals surface area contributed by atoms with Crippen molar-refractivity contribution < 1.29 is 23.8 Å². The zero-order chi connectivity index (χ0) is 21.1. The molecule has 0 bridgehead atoms. The van der Waals surface area contributed by atoms with E-state index in [-0.39, 0.29) is 18.2 Å². The highest BCUT2D eigenvalue weighted by Gasteiger charge is 2.12. The van der Waals surface area contributed by atoms with Gasteiger partial charge >= 0.3 is 5.97 Å². The van der Waals surface area contributed by atoms with E-state index >= 15 is 0 Å². The van der Waals surface area contributed by atoms with Crippen molar-refractivity contribution in [2.45, 2.75) is 6.61 Å². The molecule has 0 radical (unpaired) electrons. The molecule has 9 heteroatoms. The maximum Gasteiger partial charge on any atom is 0.341 e. The number of nitrogens with zero attached hydrogens (tertiary/aromatic N) is 3. The van der Waals surface area contributed by atoms with Crippen molar-refractivity contribution in [2.75, 3.05) is 12.3 Å². The molecule has 0 spiro atoms. The van der Waals surface area contributed by atoms with Crippen LogP contribution in [0.3, 0.4) is 0 Å². The number of anilines is 1. The first kappa shape index (κ1) is 19.2. The highest BCUT2D eigenvalue weighted by atomic mass is 19.1. The Hall–Kier alpha value is -4.14. The van der Waals surface area contributed by atoms with E-state index in [1.54, 1.807) is 53.5 Å². The Labute approximate surface area is 170 Å². The first-order valence-corrected chi connectivity index (χ1v) is 8.96. The molecule has 0 saturated carbocycles. The maximum atomic E-state index is 13.5. The summed E-state index contributed by atoms with van der Waals surface area (Å²) in [5, 5.41) is 13.6. The number of carbonyl (C=O) groups is 1. The van der Waals surface area contributed by atoms with Crippen molar-refractivity contribution in [2.24, 2.45) is 0 Å². The van der Waals surface area contributed by atoms with Crippen molar-refractivity contribution in [3.05, 3.63) is 72.3 Å². The summed E-state index contributed by atoms with van der Waals surface area (Å²) in [6.45, 7) is -0.388. The molecule has 0 aliphatic rings. The summed E-state index contributed by atoms with van der Waals surface area (Å²) in [4.78, 5) is 15.0. The molecule has 0 saturated heterocycles. The predicted octanol–water partition coefficient (Wildman–Crippen LogP) is 3.18. The van der Waals surface area contributed by atoms with Gasteiger partial charge in [-0.2, -0.15) is 5.10 Å². The minimum absolute atomic E-state index is 0.0756. The fourth-order valence-electron chi connectivity index (χ4n) is 2.96. The number of ether oxygens (including phenoxy) is 2. The predicted molar refractivity (Wildman–Crippen MR) is 107 cm³/mol. The molecule has 0 aliphatic carbocycles. The van der Waals surface area contributed by atoms with Crippen LogP contribution in [0.25, 0.3) is 16.6 Å². The largest absolute Gasteiger partial charge is 0.485 e. The molecule has 0 aliphatic heterocycles. The van der Waals surface area contributed by atoms with Crippen LogP contribution < -0.4 is 15.2 Å². The molecular weight excluding hydrogens is 391 g/mol. The Morgan fingerprint density at radius 1 is 1.17 bits per heavy atom. The second-order valence-corrected chi connectivity index (χ2v) is 6.42. The zero-order valence-electron chi connectivity index (χ0n) is 15.7. The summed E-state index contributed by atoms with van der Waals surface area (Å²) in [6, 6.07) is 12.7. The van der Waals surface area contributed by atoms with Gasteiger partial charge in [-0.05, 0) is 48.5 Å². The van der Waals surface area contributed by atoms with E-state index in [1.807, 2.05) is 0 Å². The van der Waals surface area contributed by atoms with E-state index in [0.717, 1.165) is 5.69 Å². The van der Waals surface area contributed by atoms with Gasteiger partial charge in [-0.3, -0.25) is 0 Å². The molecule has 152 valence electrons. The summed E-state index contributed by atoms with van der Waals surface area (Å²) in [5.74, 6) is -0.613. The van der Waals surface area contributed by atoms with Gasteiger partial charge in [-0.15, -0.1) is 0 Å². The van der Waals surface area contributed by atoms with Crippen LogP contribution in [0.1, 0.15) is 5.56 Å². The number of rotatable bonds is 7. The van der Waals surface area contributed by atoms with Gasteiger partial charge in [0.2, 0.25) is 0 Å². The normalized spacial score (nSPS) is 10.8. The first-order chi connectivity index (χ1) is 14.5. The van der Waals surface area contributed by atoms with Crippen molar-refractivity contribution in [1.82, 2.24) is 14.8 Å². The summed E-state index contributed by atoms with van der Waals surface area (Å²) in [7, 11) is 0. The minimum Gasteiger partial charge on any atom is -0.485 e. The molecule has 2 aromatic heterocycles. The van der Waals surface area contributed by atoms with Crippen LogP contribution in [0.5, 0.6) is 11.5 Å². The summed E-state index contributed by atoms with van der Waals surface area (Å²) < 4.78 is 26.3. The number of nitrogen functional groups attached to an aromatic ring is 1. The van der Waals surface area contributed by atoms with E-state index in [2.05, 4.69) is 10.1 Å². The fourth-order valence-corrected chi connectivity index (χ4v) is 2.96. The molecule has 30 heavy (non-hydrogen) atoms. The Kier molecular flexibility index (Phi) is 5.17. The van der Waals surface area contributed by atoms with E-state index in [0.29, 0.717) is 28.0 Å². The number of nitrogens with two attached hydrogens (primary N) is 1. The Morgan fingerprint density at radius 2 is 2.03 bits per heavy atom. The molecule has 4 rings (SSSR count). The lowest BCUT2D eigenvalue weighted by Gasteiger charge is -2.14. The SMILES string of the molecule is Nc1nc2ccc(F)cc2cc1OCc1cc(OCC(=O)O)ccc1-n1cccn1. The topological polar surface area (TPSA) is 112 Å². The van der Waals surface area contributed by atoms with E-state index < -0.39 is 12.6 Å². The smallest absolute Gasteiger partial charge is 0.341 e. The highest BCUT2D eigenvalue weighted by molar-refractivity contribution is 5.82. The van der Waals surface area contributed by atoms with Gasteiger partial charge in [0.1, 0.15) is 18.2 Å². The Morgan fingerprint density at radius 3 is 2.80 bits per heavy atom. The van der Waals surface area contributed by atoms with Crippen LogP contribution in [-0.4, -0.2) is 32.4 Å². The molecule has 0 fully saturated rings. The number of halogens is 1. The Balaban J connectivity index is 1.64. The molecule has 4 aromatic rings. The molecule has 0 amide bonds. The molecule has 3 N–H and O–H groups in total. The number of pyridine rings is 1. The van der Waals surface area contributed by atoms with Gasteiger partial charge in [0.15, 0.2) is 18.2 Å². The quantitative estimate of drug-likeness (QED) is 0.483. The number of aliphatic carboxylic acids is 1. The third kappa shape index (κ3) is 4.14. The number of benzene rings is 2. The lowest BCUT2D eigenvalue weighted by Crippen LogP contribution is -2.10. The van der Waals surface area contributed by atoms with Gasteiger partial charge < -0.3 is 20.3 Å². The lowest BCUT2D eigenvalue weighted by atomic mass is 10.1. The number of carboxylic acids is 1. The van der Waals surface area contributed by atoms with Gasteiger partial charge in [0, 0.05) is 23.3 Å². The van der Waals surface area contributed by atoms with Gasteiger partial charge in [-0.1, -0.05) is 0 Å². The monoisotopic (exact) mass is 408 g/mol. The molecule has 0 unspecified atom stereocenters. The molecular formula is C21H17FN4O4. The zero-order valence-corrected chi connectivity index (χ0v) is 15.7. The second kappa shape index (κ2) is 8.08. The van der Waals surface area contributed by atoms with E-state index in [4.69, 9.17) is 20.3 Å². The van der Waals surface area contributed by atoms with E-state index in [9.17, 15) is 9.18 Å². The summed E-state index contributed by atoms with van der Waals surface area (Å²) in [5.41, 5.74) is 7.96. The number of fused-ring (bicyclic) bond motifs is 1. The van der Waals surface area contributed by atoms with Crippen LogP contribution in [0.15, 0.2) is 60.9 Å². The summed E-state index contributed by atoms with van der Waals surface area (Å²) >= 11 is 0. The minimum atomic E-state index is -1.08. The van der Waals surface area contributed by atoms with Crippen LogP contribution in [0.2, 0.25) is 0 Å². The first-order valence-electron chi connectivity index (χ1n) is 8.96.